The third-order valence-electron chi connectivity index (χ3n) is 9.20. The molecule has 2 nitrogen and oxygen atoms in total. The smallest absolute Gasteiger partial charge is 0.0462 e. The number of rotatable bonds is 11. The molecule has 0 radical (unpaired) electrons. The highest BCUT2D eigenvalue weighted by Crippen LogP contribution is 2.35. The van der Waals surface area contributed by atoms with Crippen molar-refractivity contribution in [3.05, 3.63) is 214 Å². The molecule has 0 aliphatic heterocycles. The molecule has 0 atom stereocenters. The number of nitrogens with zero attached hydrogens (tertiary/aromatic N) is 2. The molecular formula is C50H48N2. The van der Waals surface area contributed by atoms with Crippen molar-refractivity contribution in [1.29, 1.82) is 0 Å². The fourth-order valence-electron chi connectivity index (χ4n) is 6.03. The minimum absolute atomic E-state index is 1.13. The van der Waals surface area contributed by atoms with Crippen LogP contribution in [0.25, 0.3) is 18.2 Å². The van der Waals surface area contributed by atoms with E-state index in [2.05, 4.69) is 233 Å². The third-order valence-corrected chi connectivity index (χ3v) is 9.20. The van der Waals surface area contributed by atoms with Crippen LogP contribution >= 0.6 is 0 Å². The summed E-state index contributed by atoms with van der Waals surface area (Å²) in [6, 6.07) is 52.3. The normalized spacial score (nSPS) is 12.1. The van der Waals surface area contributed by atoms with Gasteiger partial charge < -0.3 is 9.80 Å². The van der Waals surface area contributed by atoms with E-state index in [0.29, 0.717) is 0 Å². The van der Waals surface area contributed by atoms with Crippen LogP contribution in [0, 0.1) is 27.7 Å². The van der Waals surface area contributed by atoms with Gasteiger partial charge >= 0.3 is 0 Å². The van der Waals surface area contributed by atoms with E-state index in [-0.39, 0.29) is 0 Å². The van der Waals surface area contributed by atoms with Gasteiger partial charge in [-0.2, -0.15) is 0 Å². The van der Waals surface area contributed by atoms with Crippen molar-refractivity contribution in [3.63, 3.8) is 0 Å². The van der Waals surface area contributed by atoms with E-state index >= 15 is 0 Å². The highest BCUT2D eigenvalue weighted by molar-refractivity contribution is 5.78. The summed E-state index contributed by atoms with van der Waals surface area (Å²) in [7, 11) is 0. The van der Waals surface area contributed by atoms with Gasteiger partial charge in [0, 0.05) is 34.1 Å². The second kappa shape index (κ2) is 16.7. The van der Waals surface area contributed by atoms with Gasteiger partial charge in [0.1, 0.15) is 0 Å². The zero-order valence-corrected chi connectivity index (χ0v) is 31.2. The van der Waals surface area contributed by atoms with Crippen LogP contribution in [0.5, 0.6) is 0 Å². The van der Waals surface area contributed by atoms with Crippen molar-refractivity contribution in [2.75, 3.05) is 9.80 Å². The average molecular weight is 677 g/mol. The topological polar surface area (TPSA) is 6.48 Å². The summed E-state index contributed by atoms with van der Waals surface area (Å²) in [5.41, 5.74) is 16.6. The molecule has 0 aromatic heterocycles. The lowest BCUT2D eigenvalue weighted by atomic mass is 10.1. The molecule has 0 bridgehead atoms. The number of benzene rings is 6. The van der Waals surface area contributed by atoms with Crippen molar-refractivity contribution in [2.45, 2.75) is 41.5 Å². The second-order valence-electron chi connectivity index (χ2n) is 13.7. The quantitative estimate of drug-likeness (QED) is 0.0995. The van der Waals surface area contributed by atoms with Crippen LogP contribution in [0.2, 0.25) is 0 Å². The second-order valence-corrected chi connectivity index (χ2v) is 13.7. The number of hydrogen-bond acceptors (Lipinski definition) is 2. The Kier molecular flexibility index (Phi) is 11.5. The molecular weight excluding hydrogens is 629 g/mol. The number of anilines is 5. The molecule has 0 fully saturated rings. The molecule has 6 aromatic rings. The molecule has 2 heteroatoms. The van der Waals surface area contributed by atoms with E-state index in [1.54, 1.807) is 0 Å². The van der Waals surface area contributed by atoms with E-state index in [1.807, 2.05) is 0 Å². The number of aryl methyl sites for hydroxylation is 4. The van der Waals surface area contributed by atoms with Crippen molar-refractivity contribution in [2.24, 2.45) is 0 Å². The van der Waals surface area contributed by atoms with Gasteiger partial charge in [-0.25, -0.2) is 0 Å². The van der Waals surface area contributed by atoms with Gasteiger partial charge in [-0.05, 0) is 125 Å². The van der Waals surface area contributed by atoms with Gasteiger partial charge in [0.05, 0.1) is 0 Å². The highest BCUT2D eigenvalue weighted by Gasteiger charge is 2.13. The summed E-state index contributed by atoms with van der Waals surface area (Å²) in [6.07, 6.45) is 13.1. The zero-order chi connectivity index (χ0) is 36.5. The van der Waals surface area contributed by atoms with Crippen LogP contribution in [0.1, 0.15) is 52.8 Å². The average Bonchev–Trinajstić information content (AvgIpc) is 3.16. The monoisotopic (exact) mass is 676 g/mol. The van der Waals surface area contributed by atoms with E-state index in [0.717, 1.165) is 39.7 Å². The molecule has 0 saturated heterocycles. The van der Waals surface area contributed by atoms with E-state index < -0.39 is 0 Å². The van der Waals surface area contributed by atoms with Crippen LogP contribution in [-0.2, 0) is 0 Å². The Morgan fingerprint density at radius 2 is 0.673 bits per heavy atom. The van der Waals surface area contributed by atoms with Crippen LogP contribution in [0.4, 0.5) is 28.4 Å². The molecule has 0 unspecified atom stereocenters. The van der Waals surface area contributed by atoms with Crippen LogP contribution in [-0.4, -0.2) is 0 Å². The fourth-order valence-corrected chi connectivity index (χ4v) is 6.03. The molecule has 0 aliphatic carbocycles. The Bertz CT molecular complexity index is 2090. The fraction of sp³-hybridized carbons (Fsp3) is 0.120. The molecule has 52 heavy (non-hydrogen) atoms. The lowest BCUT2D eigenvalue weighted by molar-refractivity contribution is 1.15. The van der Waals surface area contributed by atoms with Crippen molar-refractivity contribution in [1.82, 2.24) is 0 Å². The maximum Gasteiger partial charge on any atom is 0.0462 e. The van der Waals surface area contributed by atoms with Gasteiger partial charge in [0.15, 0.2) is 0 Å². The minimum Gasteiger partial charge on any atom is -0.315 e. The standard InChI is InChI=1S/C50H48N2/c1-37(7-17-42(6)51(46-27-9-38(2)10-28-46)47-29-11-39(3)12-30-47)8-18-43-19-21-44(22-20-43)23-24-45-25-35-50(36-26-45)52(48-31-13-40(4)14-32-48)49-33-15-41(5)16-34-49/h7-36H,1-6H3/b18-8+,24-23+,37-7+,42-17+. The Morgan fingerprint density at radius 1 is 0.365 bits per heavy atom. The maximum absolute atomic E-state index is 2.30. The van der Waals surface area contributed by atoms with Crippen LogP contribution < -0.4 is 9.80 Å². The Hall–Kier alpha value is -6.12. The SMILES string of the molecule is CC(/C=C/c1ccc(/C=C/c2ccc(N(c3ccc(C)cc3)c3ccc(C)cc3)cc2)cc1)=C\C=C(/C)N(c1ccc(C)cc1)c1ccc(C)cc1. The lowest BCUT2D eigenvalue weighted by Gasteiger charge is -2.26. The van der Waals surface area contributed by atoms with Gasteiger partial charge in [-0.1, -0.05) is 143 Å². The summed E-state index contributed by atoms with van der Waals surface area (Å²) in [5, 5.41) is 0. The summed E-state index contributed by atoms with van der Waals surface area (Å²) in [6.45, 7) is 12.8. The Morgan fingerprint density at radius 3 is 1.06 bits per heavy atom. The number of allylic oxidation sites excluding steroid dienone is 5. The molecule has 0 amide bonds. The first-order chi connectivity index (χ1) is 25.2. The molecule has 0 aliphatic rings. The van der Waals surface area contributed by atoms with Gasteiger partial charge in [-0.3, -0.25) is 0 Å². The first kappa shape index (κ1) is 35.7. The Balaban J connectivity index is 1.12. The predicted octanol–water partition coefficient (Wildman–Crippen LogP) is 14.3. The van der Waals surface area contributed by atoms with Gasteiger partial charge in [0.25, 0.3) is 0 Å². The molecule has 0 heterocycles. The molecule has 6 aromatic carbocycles. The lowest BCUT2D eigenvalue weighted by Crippen LogP contribution is -2.14. The van der Waals surface area contributed by atoms with Gasteiger partial charge in [0.2, 0.25) is 0 Å². The van der Waals surface area contributed by atoms with E-state index in [9.17, 15) is 0 Å². The largest absolute Gasteiger partial charge is 0.315 e. The summed E-state index contributed by atoms with van der Waals surface area (Å²) in [5.74, 6) is 0. The predicted molar refractivity (Wildman–Crippen MR) is 227 cm³/mol. The van der Waals surface area contributed by atoms with Crippen LogP contribution in [0.15, 0.2) is 175 Å². The van der Waals surface area contributed by atoms with Crippen molar-refractivity contribution < 1.29 is 0 Å². The van der Waals surface area contributed by atoms with E-state index in [4.69, 9.17) is 0 Å². The third kappa shape index (κ3) is 9.35. The molecule has 0 spiro atoms. The molecule has 258 valence electrons. The van der Waals surface area contributed by atoms with Gasteiger partial charge in [-0.15, -0.1) is 0 Å². The zero-order valence-electron chi connectivity index (χ0n) is 31.2. The number of hydrogen-bond donors (Lipinski definition) is 0. The highest BCUT2D eigenvalue weighted by atomic mass is 15.1. The summed E-state index contributed by atoms with van der Waals surface area (Å²) in [4.78, 5) is 4.61. The van der Waals surface area contributed by atoms with Crippen molar-refractivity contribution in [3.8, 4) is 0 Å². The molecule has 0 N–H and O–H groups in total. The first-order valence-electron chi connectivity index (χ1n) is 18.0. The Labute approximate surface area is 311 Å². The molecule has 0 saturated carbocycles. The van der Waals surface area contributed by atoms with Crippen molar-refractivity contribution >= 4 is 46.7 Å². The molecule has 6 rings (SSSR count). The van der Waals surface area contributed by atoms with E-state index in [1.165, 1.54) is 39.0 Å². The summed E-state index contributed by atoms with van der Waals surface area (Å²) >= 11 is 0. The van der Waals surface area contributed by atoms with Crippen LogP contribution in [0.3, 0.4) is 0 Å². The summed E-state index contributed by atoms with van der Waals surface area (Å²) < 4.78 is 0. The first-order valence-corrected chi connectivity index (χ1v) is 18.0. The maximum atomic E-state index is 2.30. The minimum atomic E-state index is 1.13.